The molecule has 0 radical (unpaired) electrons. The number of carboxylic acid groups (broad SMARTS) is 1. The molecule has 86 valence electrons. The van der Waals surface area contributed by atoms with Gasteiger partial charge < -0.3 is 16.2 Å². The summed E-state index contributed by atoms with van der Waals surface area (Å²) in [5.74, 6) is -0.229. The lowest BCUT2D eigenvalue weighted by atomic mass is 10.2. The fourth-order valence-electron chi connectivity index (χ4n) is 1.10. The number of nitrogens with one attached hydrogen (secondary N) is 2. The Hall–Kier alpha value is -2.08. The zero-order valence-electron chi connectivity index (χ0n) is 8.56. The first-order valence-corrected chi connectivity index (χ1v) is 4.67. The van der Waals surface area contributed by atoms with Crippen molar-refractivity contribution in [2.75, 3.05) is 11.9 Å². The Labute approximate surface area is 92.4 Å². The summed E-state index contributed by atoms with van der Waals surface area (Å²) >= 11 is 0. The fraction of sp³-hybridized carbons (Fsp3) is 0.200. The Morgan fingerprint density at radius 1 is 1.25 bits per heavy atom. The van der Waals surface area contributed by atoms with Gasteiger partial charge >= 0.3 is 6.09 Å². The van der Waals surface area contributed by atoms with Crippen LogP contribution in [0.2, 0.25) is 0 Å². The lowest BCUT2D eigenvalue weighted by Gasteiger charge is -2.05. The molecule has 0 heterocycles. The van der Waals surface area contributed by atoms with Crippen molar-refractivity contribution in [3.63, 3.8) is 0 Å². The highest BCUT2D eigenvalue weighted by molar-refractivity contribution is 5.82. The largest absolute Gasteiger partial charge is 0.465 e. The lowest BCUT2D eigenvalue weighted by Crippen LogP contribution is -2.29. The molecule has 0 saturated carbocycles. The van der Waals surface area contributed by atoms with Crippen LogP contribution in [0.3, 0.4) is 0 Å². The van der Waals surface area contributed by atoms with E-state index >= 15 is 0 Å². The summed E-state index contributed by atoms with van der Waals surface area (Å²) in [7, 11) is 0. The highest BCUT2D eigenvalue weighted by atomic mass is 16.4. The molecule has 0 aliphatic carbocycles. The van der Waals surface area contributed by atoms with Gasteiger partial charge in [-0.3, -0.25) is 10.1 Å². The van der Waals surface area contributed by atoms with Crippen molar-refractivity contribution in [2.24, 2.45) is 5.73 Å². The van der Waals surface area contributed by atoms with Crippen LogP contribution in [0.15, 0.2) is 24.3 Å². The van der Waals surface area contributed by atoms with Gasteiger partial charge in [0.2, 0.25) is 5.91 Å². The van der Waals surface area contributed by atoms with Crippen molar-refractivity contribution >= 4 is 17.7 Å². The first-order chi connectivity index (χ1) is 7.61. The van der Waals surface area contributed by atoms with Crippen LogP contribution >= 0.6 is 0 Å². The predicted molar refractivity (Wildman–Crippen MR) is 59.0 cm³/mol. The van der Waals surface area contributed by atoms with Gasteiger partial charge in [-0.05, 0) is 17.7 Å². The molecule has 0 aromatic heterocycles. The minimum absolute atomic E-state index is 0.0430. The molecule has 5 N–H and O–H groups in total. The van der Waals surface area contributed by atoms with Gasteiger partial charge in [0, 0.05) is 12.2 Å². The zero-order valence-corrected chi connectivity index (χ0v) is 8.56. The van der Waals surface area contributed by atoms with Crippen molar-refractivity contribution in [1.82, 2.24) is 5.32 Å². The average molecular weight is 223 g/mol. The summed E-state index contributed by atoms with van der Waals surface area (Å²) in [4.78, 5) is 21.2. The number of carbonyl (C=O) groups excluding carboxylic acids is 1. The number of rotatable bonds is 4. The van der Waals surface area contributed by atoms with Gasteiger partial charge in [0.25, 0.3) is 0 Å². The SMILES string of the molecule is NCC(=O)NCc1ccc(NC(=O)O)cc1. The van der Waals surface area contributed by atoms with Gasteiger partial charge in [-0.1, -0.05) is 12.1 Å². The molecule has 6 heteroatoms. The number of hydrogen-bond donors (Lipinski definition) is 4. The van der Waals surface area contributed by atoms with Crippen molar-refractivity contribution in [1.29, 1.82) is 0 Å². The van der Waals surface area contributed by atoms with Crippen molar-refractivity contribution < 1.29 is 14.7 Å². The first-order valence-electron chi connectivity index (χ1n) is 4.67. The molecule has 1 aromatic rings. The number of benzene rings is 1. The Bertz CT molecular complexity index is 375. The van der Waals surface area contributed by atoms with Crippen LogP contribution in [-0.4, -0.2) is 23.7 Å². The van der Waals surface area contributed by atoms with Crippen molar-refractivity contribution in [3.05, 3.63) is 29.8 Å². The van der Waals surface area contributed by atoms with Gasteiger partial charge in [-0.2, -0.15) is 0 Å². The third-order valence-electron chi connectivity index (χ3n) is 1.88. The van der Waals surface area contributed by atoms with E-state index in [1.807, 2.05) is 0 Å². The van der Waals surface area contributed by atoms with Gasteiger partial charge in [0.1, 0.15) is 0 Å². The maximum absolute atomic E-state index is 10.9. The lowest BCUT2D eigenvalue weighted by molar-refractivity contribution is -0.119. The Morgan fingerprint density at radius 3 is 2.38 bits per heavy atom. The minimum atomic E-state index is -1.11. The third-order valence-corrected chi connectivity index (χ3v) is 1.88. The quantitative estimate of drug-likeness (QED) is 0.591. The standard InChI is InChI=1S/C10H13N3O3/c11-5-9(14)12-6-7-1-3-8(4-2-7)13-10(15)16/h1-4,13H,5-6,11H2,(H,12,14)(H,15,16). The summed E-state index contributed by atoms with van der Waals surface area (Å²) in [6, 6.07) is 6.69. The fourth-order valence-corrected chi connectivity index (χ4v) is 1.10. The van der Waals surface area contributed by atoms with Crippen LogP contribution in [0.5, 0.6) is 0 Å². The molecule has 2 amide bonds. The predicted octanol–water partition coefficient (Wildman–Crippen LogP) is 0.351. The monoisotopic (exact) mass is 223 g/mol. The normalized spacial score (nSPS) is 9.56. The van der Waals surface area contributed by atoms with Crippen molar-refractivity contribution in [3.8, 4) is 0 Å². The zero-order chi connectivity index (χ0) is 12.0. The van der Waals surface area contributed by atoms with E-state index in [0.717, 1.165) is 5.56 Å². The molecule has 1 rings (SSSR count). The molecule has 1 aromatic carbocycles. The van der Waals surface area contributed by atoms with Crippen LogP contribution < -0.4 is 16.4 Å². The molecular weight excluding hydrogens is 210 g/mol. The molecule has 0 atom stereocenters. The smallest absolute Gasteiger partial charge is 0.409 e. The van der Waals surface area contributed by atoms with Crippen LogP contribution in [0.25, 0.3) is 0 Å². The molecule has 6 nitrogen and oxygen atoms in total. The highest BCUT2D eigenvalue weighted by Gasteiger charge is 1.99. The number of amides is 2. The van der Waals surface area contributed by atoms with E-state index in [2.05, 4.69) is 10.6 Å². The average Bonchev–Trinajstić information content (AvgIpc) is 2.27. The Kier molecular flexibility index (Phi) is 4.28. The minimum Gasteiger partial charge on any atom is -0.465 e. The van der Waals surface area contributed by atoms with Crippen LogP contribution in [0.1, 0.15) is 5.56 Å². The van der Waals surface area contributed by atoms with Crippen LogP contribution in [0.4, 0.5) is 10.5 Å². The highest BCUT2D eigenvalue weighted by Crippen LogP contribution is 2.08. The molecular formula is C10H13N3O3. The summed E-state index contributed by atoms with van der Waals surface area (Å²) < 4.78 is 0. The summed E-state index contributed by atoms with van der Waals surface area (Å²) in [6.45, 7) is 0.335. The van der Waals surface area contributed by atoms with E-state index in [-0.39, 0.29) is 12.5 Å². The topological polar surface area (TPSA) is 104 Å². The molecule has 0 aliphatic heterocycles. The van der Waals surface area contributed by atoms with Gasteiger partial charge in [-0.15, -0.1) is 0 Å². The molecule has 0 aliphatic rings. The van der Waals surface area contributed by atoms with E-state index in [0.29, 0.717) is 12.2 Å². The molecule has 0 fully saturated rings. The van der Waals surface area contributed by atoms with E-state index in [1.54, 1.807) is 24.3 Å². The van der Waals surface area contributed by atoms with E-state index in [9.17, 15) is 9.59 Å². The van der Waals surface area contributed by atoms with Gasteiger partial charge in [0.15, 0.2) is 0 Å². The maximum Gasteiger partial charge on any atom is 0.409 e. The third kappa shape index (κ3) is 3.97. The van der Waals surface area contributed by atoms with E-state index in [1.165, 1.54) is 0 Å². The van der Waals surface area contributed by atoms with Crippen LogP contribution in [-0.2, 0) is 11.3 Å². The van der Waals surface area contributed by atoms with E-state index in [4.69, 9.17) is 10.8 Å². The van der Waals surface area contributed by atoms with Gasteiger partial charge in [-0.25, -0.2) is 4.79 Å². The molecule has 0 unspecified atom stereocenters. The van der Waals surface area contributed by atoms with Crippen molar-refractivity contribution in [2.45, 2.75) is 6.54 Å². The van der Waals surface area contributed by atoms with E-state index < -0.39 is 6.09 Å². The second kappa shape index (κ2) is 5.72. The molecule has 0 bridgehead atoms. The summed E-state index contributed by atoms with van der Waals surface area (Å²) in [5, 5.41) is 13.3. The Morgan fingerprint density at radius 2 is 1.88 bits per heavy atom. The number of anilines is 1. The maximum atomic E-state index is 10.9. The Balaban J connectivity index is 2.51. The summed E-state index contributed by atoms with van der Waals surface area (Å²) in [6.07, 6.45) is -1.11. The number of carbonyl (C=O) groups is 2. The number of hydrogen-bond acceptors (Lipinski definition) is 3. The van der Waals surface area contributed by atoms with Crippen LogP contribution in [0, 0.1) is 0 Å². The second-order valence-electron chi connectivity index (χ2n) is 3.11. The molecule has 0 saturated heterocycles. The first kappa shape index (κ1) is 12.0. The molecule has 16 heavy (non-hydrogen) atoms. The number of nitrogens with two attached hydrogens (primary N) is 1. The second-order valence-corrected chi connectivity index (χ2v) is 3.11. The summed E-state index contributed by atoms with van der Waals surface area (Å²) in [5.41, 5.74) is 6.49. The molecule has 0 spiro atoms. The van der Waals surface area contributed by atoms with Gasteiger partial charge in [0.05, 0.1) is 6.54 Å².